The first kappa shape index (κ1) is 109. The maximum atomic E-state index is 14.7. The molecule has 17 amide bonds. The minimum Gasteiger partial charge on any atom is -0.508 e. The smallest absolute Gasteiger partial charge is 0.313 e. The van der Waals surface area contributed by atoms with Crippen LogP contribution in [0.5, 0.6) is 17.2 Å². The Morgan fingerprint density at radius 1 is 0.424 bits per heavy atom. The number of hydrogen-bond donors (Lipinski definition) is 25. The molecule has 0 unspecified atom stereocenters. The number of amides is 17. The van der Waals surface area contributed by atoms with E-state index in [-0.39, 0.29) is 119 Å². The Balaban J connectivity index is 1.52. The van der Waals surface area contributed by atoms with Crippen molar-refractivity contribution in [2.45, 2.75) is 236 Å². The molecule has 2 bridgehead atoms. The van der Waals surface area contributed by atoms with Gasteiger partial charge < -0.3 is 128 Å². The van der Waals surface area contributed by atoms with E-state index in [4.69, 9.17) is 33.4 Å². The average Bonchev–Trinajstić information content (AvgIpc) is 0.824. The van der Waals surface area contributed by atoms with Crippen LogP contribution in [-0.4, -0.2) is 245 Å². The number of aliphatic hydroxyl groups excluding tert-OH is 1. The van der Waals surface area contributed by atoms with Crippen molar-refractivity contribution in [3.05, 3.63) is 119 Å². The van der Waals surface area contributed by atoms with Gasteiger partial charge in [0.15, 0.2) is 0 Å². The van der Waals surface area contributed by atoms with Crippen LogP contribution < -0.4 is 119 Å². The van der Waals surface area contributed by atoms with Crippen molar-refractivity contribution in [1.82, 2.24) is 80.0 Å². The third kappa shape index (κ3) is 37.2. The second-order valence-electron chi connectivity index (χ2n) is 32.8. The highest BCUT2D eigenvalue weighted by atomic mass is 16.5. The fourth-order valence-corrected chi connectivity index (χ4v) is 13.7. The van der Waals surface area contributed by atoms with E-state index in [0.29, 0.717) is 42.4 Å². The number of ether oxygens (including phenoxy) is 1. The number of methoxy groups -OCH3 is 1. The van der Waals surface area contributed by atoms with Crippen molar-refractivity contribution >= 4 is 112 Å². The molecule has 1 aliphatic rings. The lowest BCUT2D eigenvalue weighted by molar-refractivity contribution is -0.138. The zero-order valence-corrected chi connectivity index (χ0v) is 75.2. The third-order valence-corrected chi connectivity index (χ3v) is 21.6. The molecule has 44 nitrogen and oxygen atoms in total. The van der Waals surface area contributed by atoms with E-state index in [2.05, 4.69) is 85.3 Å². The number of primary amides is 1. The molecule has 14 atom stereocenters. The predicted molar refractivity (Wildman–Crippen MR) is 480 cm³/mol. The van der Waals surface area contributed by atoms with Crippen molar-refractivity contribution in [3.63, 3.8) is 0 Å². The minimum absolute atomic E-state index is 0.00597. The molecule has 0 saturated heterocycles. The topological polar surface area (TPSA) is 720 Å². The molecule has 0 aromatic heterocycles. The van der Waals surface area contributed by atoms with Gasteiger partial charge in [0.05, 0.1) is 31.4 Å². The van der Waals surface area contributed by atoms with Gasteiger partial charge in [0.25, 0.3) is 11.8 Å². The Hall–Kier alpha value is -13.5. The summed E-state index contributed by atoms with van der Waals surface area (Å²) >= 11 is 0. The molecule has 0 spiro atoms. The van der Waals surface area contributed by atoms with Crippen LogP contribution in [0.3, 0.4) is 0 Å². The van der Waals surface area contributed by atoms with Crippen LogP contribution in [0.15, 0.2) is 97.1 Å². The van der Waals surface area contributed by atoms with Crippen molar-refractivity contribution in [2.24, 2.45) is 46.4 Å². The molecular weight excluding hydrogens is 1720 g/mol. The number of carbonyl (C=O) groups is 18. The maximum Gasteiger partial charge on any atom is 0.313 e. The van der Waals surface area contributed by atoms with E-state index >= 15 is 0 Å². The Morgan fingerprint density at radius 2 is 0.818 bits per heavy atom. The second-order valence-corrected chi connectivity index (χ2v) is 32.8. The number of anilines is 1. The molecule has 30 N–H and O–H groups in total. The highest BCUT2D eigenvalue weighted by Gasteiger charge is 2.40. The van der Waals surface area contributed by atoms with E-state index in [1.54, 1.807) is 58.0 Å². The largest absolute Gasteiger partial charge is 0.508 e. The van der Waals surface area contributed by atoms with Crippen LogP contribution in [0, 0.1) is 17.8 Å². The number of carboxylic acids is 1. The van der Waals surface area contributed by atoms with Crippen molar-refractivity contribution < 1.29 is 111 Å². The molecule has 4 aromatic carbocycles. The lowest BCUT2D eigenvalue weighted by Gasteiger charge is -2.31. The lowest BCUT2D eigenvalue weighted by atomic mass is 9.95. The Bertz CT molecular complexity index is 4590. The number of aromatic hydroxyl groups is 2. The zero-order chi connectivity index (χ0) is 97.8. The molecule has 5 rings (SSSR count). The number of aliphatic carboxylic acids is 1. The zero-order valence-electron chi connectivity index (χ0n) is 75.2. The summed E-state index contributed by atoms with van der Waals surface area (Å²) in [4.78, 5) is 252. The van der Waals surface area contributed by atoms with E-state index < -0.39 is 235 Å². The summed E-state index contributed by atoms with van der Waals surface area (Å²) in [6.07, 6.45) is -1.76. The van der Waals surface area contributed by atoms with Gasteiger partial charge >= 0.3 is 17.8 Å². The molecule has 1 aliphatic heterocycles. The number of hydrogen-bond acceptors (Lipinski definition) is 26. The number of unbranched alkanes of at least 4 members (excludes halogenated alkanes) is 2. The quantitative estimate of drug-likeness (QED) is 0.0211. The van der Waals surface area contributed by atoms with Crippen molar-refractivity contribution in [1.29, 1.82) is 0 Å². The number of carbonyl (C=O) groups excluding carboxylic acids is 17. The van der Waals surface area contributed by atoms with E-state index in [1.165, 1.54) is 81.6 Å². The molecule has 0 fully saturated rings. The molecular formula is C88H129N21O23. The van der Waals surface area contributed by atoms with Crippen molar-refractivity contribution in [2.75, 3.05) is 45.2 Å². The fraction of sp³-hybridized carbons (Fsp3) is 0.523. The molecule has 0 aliphatic carbocycles. The average molecular weight is 1850 g/mol. The van der Waals surface area contributed by atoms with Gasteiger partial charge in [-0.25, -0.2) is 0 Å². The first-order valence-corrected chi connectivity index (χ1v) is 43.8. The number of rotatable bonds is 26. The van der Waals surface area contributed by atoms with Crippen LogP contribution >= 0.6 is 0 Å². The molecule has 0 radical (unpaired) electrons. The number of nitrogens with two attached hydrogens (primary N) is 5. The summed E-state index contributed by atoms with van der Waals surface area (Å²) < 4.78 is 5.41. The van der Waals surface area contributed by atoms with Crippen molar-refractivity contribution in [3.8, 4) is 17.2 Å². The molecule has 132 heavy (non-hydrogen) atoms. The molecule has 4 aromatic rings. The fourth-order valence-electron chi connectivity index (χ4n) is 13.7. The third-order valence-electron chi connectivity index (χ3n) is 21.6. The van der Waals surface area contributed by atoms with E-state index in [1.807, 2.05) is 0 Å². The molecule has 0 saturated carbocycles. The van der Waals surface area contributed by atoms with Gasteiger partial charge in [-0.15, -0.1) is 0 Å². The standard InChI is InChI=1S/C88H129N21O23/c1-8-49(6)72-86(129)106-71(48(4)5)85(128)102-63(43-51-24-29-54(111)30-25-51)80(123)98-59(22-12-14-38-89)76(119)94-40-16-20-57(91)74(117)97-62(34-37-69(114)115)78(121)101-65(42-50-18-10-9-11-19-50)83(126)109-108-73(116)56-45-53(28-35-67(56)132-7)96-87(130)88(131)103-64(44-52-26-31-55(112)32-27-52)81(124)99-60(23-13-15-39-90)77(120)95-41-17-21-58(92)75(118)104-66(46-110)82(125)105-70(47(2)3)84(127)100-61(79(122)107-72)33-36-68(93)113/h9-11,18-19,24-32,35,45,47-49,57-66,70-72,110-112H,8,12-17,20-23,33-34,36-44,46,89-92H2,1-7H3,(H2,93,113)(H,94,119)(H,95,120)(H,96,130)(H,97,117)(H,98,123)(H,99,124)(H,100,127)(H,101,121)(H,102,128)(H,103,131)(H,104,118)(H,105,125)(H,106,129)(H,107,122)(H,108,116)(H,109,126)(H,114,115)/t49-,57-,58-,59-,60-,61-,62-,63-,64-,65-,66-,70-,71-,72-/m0/s1. The second kappa shape index (κ2) is 56.2. The monoisotopic (exact) mass is 1850 g/mol. The maximum absolute atomic E-state index is 14.7. The van der Waals surface area contributed by atoms with Gasteiger partial charge in [0, 0.05) is 50.9 Å². The van der Waals surface area contributed by atoms with Crippen LogP contribution in [0.4, 0.5) is 5.69 Å². The Morgan fingerprint density at radius 3 is 1.28 bits per heavy atom. The summed E-state index contributed by atoms with van der Waals surface area (Å²) in [5.41, 5.74) is 34.9. The van der Waals surface area contributed by atoms with Crippen LogP contribution in [0.1, 0.15) is 165 Å². The van der Waals surface area contributed by atoms with Gasteiger partial charge in [-0.2, -0.15) is 0 Å². The van der Waals surface area contributed by atoms with Gasteiger partial charge in [0.2, 0.25) is 76.8 Å². The van der Waals surface area contributed by atoms with Crippen LogP contribution in [-0.2, 0) is 101 Å². The highest BCUT2D eigenvalue weighted by molar-refractivity contribution is 6.40. The summed E-state index contributed by atoms with van der Waals surface area (Å²) in [5, 5.41) is 76.3. The number of hydrazine groups is 1. The van der Waals surface area contributed by atoms with Crippen LogP contribution in [0.2, 0.25) is 0 Å². The summed E-state index contributed by atoms with van der Waals surface area (Å²) in [6.45, 7) is 8.51. The van der Waals surface area contributed by atoms with Gasteiger partial charge in [0.1, 0.15) is 83.7 Å². The number of benzene rings is 4. The predicted octanol–water partition coefficient (Wildman–Crippen LogP) is -3.93. The SMILES string of the molecule is CC[C@H](C)[C@@H]1NC(=O)[C@H](CCC(N)=O)NC(=O)[C@H](C(C)C)NC(=O)[C@H](CO)NC(=O)[C@@H](N)CCCNC(=O)[C@H](CCCCN)NC(=O)[C@H](Cc2ccc(O)cc2)NC(=O)C(=O)Nc2ccc(OC)c(c2)C(=O)NNC(=O)[C@H](Cc2ccccc2)NC(=O)[C@H](CCC(=O)O)NC(=O)[C@@H](N)CCCNC(=O)[C@H](CCCCN)NC(=O)[C@H](Cc2ccc(O)cc2)NC(=O)[C@H](C(C)C)NC1=O. The van der Waals surface area contributed by atoms with Gasteiger partial charge in [-0.1, -0.05) is 103 Å². The van der Waals surface area contributed by atoms with E-state index in [9.17, 15) is 107 Å². The lowest BCUT2D eigenvalue weighted by Crippen LogP contribution is -2.62. The number of carboxylic acid groups (broad SMARTS) is 1. The number of aliphatic hydroxyl groups is 1. The van der Waals surface area contributed by atoms with Crippen LogP contribution in [0.25, 0.3) is 0 Å². The molecule has 1 heterocycles. The molecule has 44 heteroatoms. The minimum atomic E-state index is -1.74. The Labute approximate surface area is 764 Å². The highest BCUT2D eigenvalue weighted by Crippen LogP contribution is 2.24. The first-order chi connectivity index (χ1) is 62.7. The summed E-state index contributed by atoms with van der Waals surface area (Å²) in [6, 6.07) is 3.10. The summed E-state index contributed by atoms with van der Waals surface area (Å²) in [5.74, 6) is -21.1. The van der Waals surface area contributed by atoms with E-state index in [0.717, 1.165) is 6.07 Å². The Kier molecular flexibility index (Phi) is 46.4. The number of fused-ring (bicyclic) bond motifs is 2. The number of phenols is 2. The number of phenolic OH excluding ortho intramolecular Hbond substituents is 2. The number of nitrogens with one attached hydrogen (secondary N) is 16. The summed E-state index contributed by atoms with van der Waals surface area (Å²) in [7, 11) is 1.19. The first-order valence-electron chi connectivity index (χ1n) is 43.8. The molecule has 724 valence electrons. The normalized spacial score (nSPS) is 23.4. The van der Waals surface area contributed by atoms with Gasteiger partial charge in [-0.05, 0) is 167 Å². The van der Waals surface area contributed by atoms with Gasteiger partial charge in [-0.3, -0.25) is 97.2 Å².